The van der Waals surface area contributed by atoms with Crippen molar-refractivity contribution in [1.82, 2.24) is 14.2 Å². The Hall–Kier alpha value is -2.47. The zero-order valence-electron chi connectivity index (χ0n) is 15.5. The molecule has 1 aromatic carbocycles. The molecule has 0 aromatic heterocycles. The van der Waals surface area contributed by atoms with Gasteiger partial charge in [0.2, 0.25) is 15.9 Å². The van der Waals surface area contributed by atoms with E-state index >= 15 is 0 Å². The Balaban J connectivity index is 1.73. The van der Waals surface area contributed by atoms with Gasteiger partial charge in [-0.1, -0.05) is 12.1 Å². The normalized spacial score (nSPS) is 19.3. The van der Waals surface area contributed by atoms with E-state index in [4.69, 9.17) is 0 Å². The molecule has 8 nitrogen and oxygen atoms in total. The number of amides is 2. The number of carbonyl (C=O) groups excluding carboxylic acids is 2. The Bertz CT molecular complexity index is 954. The van der Waals surface area contributed by atoms with E-state index in [0.29, 0.717) is 0 Å². The molecule has 0 unspecified atom stereocenters. The van der Waals surface area contributed by atoms with Crippen LogP contribution in [0.3, 0.4) is 0 Å². The van der Waals surface area contributed by atoms with Gasteiger partial charge in [-0.2, -0.15) is 22.6 Å². The van der Waals surface area contributed by atoms with E-state index in [9.17, 15) is 31.2 Å². The summed E-state index contributed by atoms with van der Waals surface area (Å²) in [6.07, 6.45) is -4.45. The SMILES string of the molecule is CN1N=C(C(=O)N2CCN(S(=O)(=O)c3ccccc3C(F)(F)F)CC2)CCC1=O. The maximum Gasteiger partial charge on any atom is 0.417 e. The van der Waals surface area contributed by atoms with Crippen LogP contribution in [0.15, 0.2) is 34.3 Å². The second-order valence-electron chi connectivity index (χ2n) is 6.65. The minimum absolute atomic E-state index is 0.0168. The number of hydrogen-bond donors (Lipinski definition) is 0. The van der Waals surface area contributed by atoms with Crippen LogP contribution in [0.4, 0.5) is 13.2 Å². The van der Waals surface area contributed by atoms with Gasteiger partial charge in [-0.15, -0.1) is 0 Å². The molecule has 29 heavy (non-hydrogen) atoms. The van der Waals surface area contributed by atoms with Crippen LogP contribution in [0.1, 0.15) is 18.4 Å². The van der Waals surface area contributed by atoms with Crippen molar-refractivity contribution < 1.29 is 31.2 Å². The third kappa shape index (κ3) is 4.27. The minimum Gasteiger partial charge on any atom is -0.335 e. The highest BCUT2D eigenvalue weighted by atomic mass is 32.2. The summed E-state index contributed by atoms with van der Waals surface area (Å²) in [6.45, 7) is -0.240. The predicted octanol–water partition coefficient (Wildman–Crippen LogP) is 1.15. The Morgan fingerprint density at radius 2 is 1.69 bits per heavy atom. The summed E-state index contributed by atoms with van der Waals surface area (Å²) in [6, 6.07) is 4.02. The molecule has 2 aliphatic heterocycles. The number of nitrogens with zero attached hydrogens (tertiary/aromatic N) is 4. The lowest BCUT2D eigenvalue weighted by Gasteiger charge is -2.35. The summed E-state index contributed by atoms with van der Waals surface area (Å²) < 4.78 is 66.1. The smallest absolute Gasteiger partial charge is 0.335 e. The molecule has 0 radical (unpaired) electrons. The molecule has 1 saturated heterocycles. The fourth-order valence-corrected chi connectivity index (χ4v) is 4.84. The van der Waals surface area contributed by atoms with Crippen molar-refractivity contribution >= 4 is 27.5 Å². The Kier molecular flexibility index (Phi) is 5.68. The van der Waals surface area contributed by atoms with Crippen LogP contribution in [-0.4, -0.2) is 73.4 Å². The highest BCUT2D eigenvalue weighted by Crippen LogP contribution is 2.35. The molecule has 0 N–H and O–H groups in total. The van der Waals surface area contributed by atoms with Crippen LogP contribution in [0.2, 0.25) is 0 Å². The first-order valence-corrected chi connectivity index (χ1v) is 10.3. The van der Waals surface area contributed by atoms with E-state index in [1.165, 1.54) is 18.0 Å². The number of hydrogen-bond acceptors (Lipinski definition) is 5. The zero-order valence-corrected chi connectivity index (χ0v) is 16.3. The number of rotatable bonds is 3. The third-order valence-corrected chi connectivity index (χ3v) is 6.75. The molecular formula is C17H19F3N4O4S. The highest BCUT2D eigenvalue weighted by Gasteiger charge is 2.40. The topological polar surface area (TPSA) is 90.4 Å². The van der Waals surface area contributed by atoms with Crippen LogP contribution >= 0.6 is 0 Å². The van der Waals surface area contributed by atoms with Gasteiger partial charge in [-0.05, 0) is 12.1 Å². The molecule has 1 fully saturated rings. The van der Waals surface area contributed by atoms with Crippen molar-refractivity contribution in [2.45, 2.75) is 23.9 Å². The quantitative estimate of drug-likeness (QED) is 0.717. The van der Waals surface area contributed by atoms with Gasteiger partial charge in [-0.3, -0.25) is 9.59 Å². The lowest BCUT2D eigenvalue weighted by atomic mass is 10.1. The molecule has 158 valence electrons. The Morgan fingerprint density at radius 3 is 2.28 bits per heavy atom. The van der Waals surface area contributed by atoms with Crippen LogP contribution in [-0.2, 0) is 25.8 Å². The molecule has 0 aliphatic carbocycles. The van der Waals surface area contributed by atoms with Gasteiger partial charge in [0.1, 0.15) is 5.71 Å². The second kappa shape index (κ2) is 7.75. The lowest BCUT2D eigenvalue weighted by Crippen LogP contribution is -2.52. The van der Waals surface area contributed by atoms with Crippen molar-refractivity contribution in [3.63, 3.8) is 0 Å². The summed E-state index contributed by atoms with van der Waals surface area (Å²) in [7, 11) is -2.93. The molecule has 2 aliphatic rings. The van der Waals surface area contributed by atoms with Crippen molar-refractivity contribution in [2.24, 2.45) is 5.10 Å². The van der Waals surface area contributed by atoms with Crippen LogP contribution in [0.25, 0.3) is 0 Å². The molecular weight excluding hydrogens is 413 g/mol. The molecule has 0 saturated carbocycles. The van der Waals surface area contributed by atoms with Crippen molar-refractivity contribution in [3.05, 3.63) is 29.8 Å². The summed E-state index contributed by atoms with van der Waals surface area (Å²) in [4.78, 5) is 24.6. The lowest BCUT2D eigenvalue weighted by molar-refractivity contribution is -0.140. The van der Waals surface area contributed by atoms with E-state index in [0.717, 1.165) is 27.5 Å². The average Bonchev–Trinajstić information content (AvgIpc) is 2.69. The maximum atomic E-state index is 13.2. The zero-order chi connectivity index (χ0) is 21.4. The van der Waals surface area contributed by atoms with Crippen molar-refractivity contribution in [2.75, 3.05) is 33.2 Å². The molecule has 12 heteroatoms. The number of benzene rings is 1. The fraction of sp³-hybridized carbons (Fsp3) is 0.471. The van der Waals surface area contributed by atoms with Crippen molar-refractivity contribution in [1.29, 1.82) is 0 Å². The van der Waals surface area contributed by atoms with E-state index < -0.39 is 32.6 Å². The van der Waals surface area contributed by atoms with Crippen LogP contribution < -0.4 is 0 Å². The standard InChI is InChI=1S/C17H19F3N4O4S/c1-22-15(25)7-6-13(21-22)16(26)23-8-10-24(11-9-23)29(27,28)14-5-3-2-4-12(14)17(18,19)20/h2-5H,6-11H2,1H3. The van der Waals surface area contributed by atoms with Gasteiger partial charge < -0.3 is 4.90 Å². The first-order chi connectivity index (χ1) is 13.5. The number of alkyl halides is 3. The van der Waals surface area contributed by atoms with E-state index in [1.807, 2.05) is 0 Å². The minimum atomic E-state index is -4.80. The molecule has 0 atom stereocenters. The summed E-state index contributed by atoms with van der Waals surface area (Å²) in [5.74, 6) is -0.613. The summed E-state index contributed by atoms with van der Waals surface area (Å²) >= 11 is 0. The van der Waals surface area contributed by atoms with Gasteiger partial charge in [0, 0.05) is 46.1 Å². The summed E-state index contributed by atoms with van der Waals surface area (Å²) in [5.41, 5.74) is -1.02. The van der Waals surface area contributed by atoms with Gasteiger partial charge in [0.05, 0.1) is 10.5 Å². The first-order valence-electron chi connectivity index (χ1n) is 8.81. The molecule has 1 aromatic rings. The van der Waals surface area contributed by atoms with Gasteiger partial charge in [0.15, 0.2) is 0 Å². The maximum absolute atomic E-state index is 13.2. The predicted molar refractivity (Wildman–Crippen MR) is 96.2 cm³/mol. The number of hydrazone groups is 1. The van der Waals surface area contributed by atoms with Gasteiger partial charge in [0.25, 0.3) is 5.91 Å². The largest absolute Gasteiger partial charge is 0.417 e. The Morgan fingerprint density at radius 1 is 1.07 bits per heavy atom. The number of halogens is 3. The molecule has 0 spiro atoms. The van der Waals surface area contributed by atoms with Crippen LogP contribution in [0, 0.1) is 0 Å². The molecule has 2 heterocycles. The van der Waals surface area contributed by atoms with Crippen LogP contribution in [0.5, 0.6) is 0 Å². The second-order valence-corrected chi connectivity index (χ2v) is 8.56. The third-order valence-electron chi connectivity index (χ3n) is 4.79. The number of carbonyl (C=O) groups is 2. The fourth-order valence-electron chi connectivity index (χ4n) is 3.20. The average molecular weight is 432 g/mol. The monoisotopic (exact) mass is 432 g/mol. The van der Waals surface area contributed by atoms with Gasteiger partial charge in [-0.25, -0.2) is 13.4 Å². The van der Waals surface area contributed by atoms with Gasteiger partial charge >= 0.3 is 6.18 Å². The van der Waals surface area contributed by atoms with E-state index in [1.54, 1.807) is 0 Å². The summed E-state index contributed by atoms with van der Waals surface area (Å²) in [5, 5.41) is 5.03. The molecule has 3 rings (SSSR count). The number of sulfonamides is 1. The number of piperazine rings is 1. The van der Waals surface area contributed by atoms with E-state index in [2.05, 4.69) is 5.10 Å². The first kappa shape index (κ1) is 21.2. The highest BCUT2D eigenvalue weighted by molar-refractivity contribution is 7.89. The molecule has 0 bridgehead atoms. The van der Waals surface area contributed by atoms with E-state index in [-0.39, 0.29) is 50.6 Å². The Labute approximate surface area is 165 Å². The van der Waals surface area contributed by atoms with Crippen molar-refractivity contribution in [3.8, 4) is 0 Å². The molecule has 2 amide bonds.